The third-order valence-corrected chi connectivity index (χ3v) is 7.60. The molecule has 0 aliphatic heterocycles. The SMILES string of the molecule is c1ccc([Se]c2cccc(-c3cccc([Se]c4ccccc4)n3)n2)cc1. The van der Waals surface area contributed by atoms with Gasteiger partial charge in [0, 0.05) is 0 Å². The van der Waals surface area contributed by atoms with Crippen LogP contribution < -0.4 is 18.1 Å². The number of hydrogen-bond donors (Lipinski definition) is 0. The van der Waals surface area contributed by atoms with Crippen molar-refractivity contribution in [2.45, 2.75) is 0 Å². The molecular weight excluding hydrogens is 450 g/mol. The topological polar surface area (TPSA) is 25.8 Å². The Hall–Kier alpha value is -2.22. The Balaban J connectivity index is 1.57. The molecule has 0 radical (unpaired) electrons. The van der Waals surface area contributed by atoms with Crippen LogP contribution in [0, 0.1) is 0 Å². The van der Waals surface area contributed by atoms with Crippen LogP contribution in [0.1, 0.15) is 0 Å². The van der Waals surface area contributed by atoms with Gasteiger partial charge in [-0.2, -0.15) is 0 Å². The number of benzene rings is 2. The molecule has 2 aromatic heterocycles. The van der Waals surface area contributed by atoms with Crippen molar-refractivity contribution in [3.05, 3.63) is 97.1 Å². The Morgan fingerprint density at radius 3 is 1.27 bits per heavy atom. The summed E-state index contributed by atoms with van der Waals surface area (Å²) >= 11 is 0.422. The molecule has 0 amide bonds. The quantitative estimate of drug-likeness (QED) is 0.417. The summed E-state index contributed by atoms with van der Waals surface area (Å²) < 4.78 is 4.92. The van der Waals surface area contributed by atoms with E-state index in [4.69, 9.17) is 9.97 Å². The number of pyridine rings is 2. The zero-order valence-corrected chi connectivity index (χ0v) is 17.4. The minimum atomic E-state index is 0.211. The summed E-state index contributed by atoms with van der Waals surface area (Å²) in [4.78, 5) is 9.72. The van der Waals surface area contributed by atoms with Crippen molar-refractivity contribution < 1.29 is 0 Å². The van der Waals surface area contributed by atoms with Crippen molar-refractivity contribution in [2.24, 2.45) is 0 Å². The molecular formula is C22H16N2Se2. The Morgan fingerprint density at radius 1 is 0.423 bits per heavy atom. The number of nitrogens with zero attached hydrogens (tertiary/aromatic N) is 2. The Kier molecular flexibility index (Phi) is 5.59. The van der Waals surface area contributed by atoms with Crippen LogP contribution in [-0.4, -0.2) is 39.9 Å². The average molecular weight is 466 g/mol. The normalized spacial score (nSPS) is 10.6. The summed E-state index contributed by atoms with van der Waals surface area (Å²) in [6, 6.07) is 33.5. The van der Waals surface area contributed by atoms with Gasteiger partial charge in [0.05, 0.1) is 0 Å². The maximum absolute atomic E-state index is 4.86. The molecule has 0 saturated heterocycles. The second-order valence-corrected chi connectivity index (χ2v) is 10.1. The van der Waals surface area contributed by atoms with Crippen molar-refractivity contribution >= 4 is 48.0 Å². The van der Waals surface area contributed by atoms with Crippen molar-refractivity contribution in [1.82, 2.24) is 9.97 Å². The van der Waals surface area contributed by atoms with Gasteiger partial charge in [0.2, 0.25) is 0 Å². The molecule has 26 heavy (non-hydrogen) atoms. The fraction of sp³-hybridized carbons (Fsp3) is 0. The van der Waals surface area contributed by atoms with Gasteiger partial charge in [0.15, 0.2) is 0 Å². The van der Waals surface area contributed by atoms with Gasteiger partial charge in [-0.1, -0.05) is 0 Å². The van der Waals surface area contributed by atoms with Crippen LogP contribution in [0.25, 0.3) is 11.4 Å². The molecule has 4 rings (SSSR count). The first-order valence-corrected chi connectivity index (χ1v) is 11.7. The molecule has 2 nitrogen and oxygen atoms in total. The van der Waals surface area contributed by atoms with Crippen molar-refractivity contribution in [1.29, 1.82) is 0 Å². The standard InChI is InChI=1S/C22H16N2Se2/c1-3-9-17(10-4-1)25-21-15-7-13-19(23-21)20-14-8-16-22(24-20)26-18-11-5-2-6-12-18/h1-16H. The number of rotatable bonds is 5. The Labute approximate surface area is 166 Å². The molecule has 0 N–H and O–H groups in total. The van der Waals surface area contributed by atoms with Crippen LogP contribution in [0.15, 0.2) is 97.1 Å². The van der Waals surface area contributed by atoms with Crippen LogP contribution >= 0.6 is 0 Å². The van der Waals surface area contributed by atoms with E-state index in [2.05, 4.69) is 72.8 Å². The van der Waals surface area contributed by atoms with E-state index in [1.54, 1.807) is 0 Å². The van der Waals surface area contributed by atoms with Crippen LogP contribution in [0.2, 0.25) is 0 Å². The van der Waals surface area contributed by atoms with Crippen LogP contribution in [0.5, 0.6) is 0 Å². The van der Waals surface area contributed by atoms with E-state index in [-0.39, 0.29) is 29.9 Å². The van der Waals surface area contributed by atoms with Gasteiger partial charge in [-0.05, 0) is 0 Å². The fourth-order valence-electron chi connectivity index (χ4n) is 2.45. The third-order valence-electron chi connectivity index (χ3n) is 3.64. The molecule has 0 atom stereocenters. The van der Waals surface area contributed by atoms with Gasteiger partial charge in [-0.3, -0.25) is 0 Å². The average Bonchev–Trinajstić information content (AvgIpc) is 2.70. The van der Waals surface area contributed by atoms with E-state index in [1.807, 2.05) is 24.3 Å². The van der Waals surface area contributed by atoms with E-state index in [1.165, 1.54) is 8.92 Å². The van der Waals surface area contributed by atoms with E-state index < -0.39 is 0 Å². The van der Waals surface area contributed by atoms with Crippen molar-refractivity contribution in [3.63, 3.8) is 0 Å². The van der Waals surface area contributed by atoms with E-state index >= 15 is 0 Å². The number of aromatic nitrogens is 2. The molecule has 126 valence electrons. The summed E-state index contributed by atoms with van der Waals surface area (Å²) in [6.45, 7) is 0. The van der Waals surface area contributed by atoms with Crippen molar-refractivity contribution in [3.8, 4) is 11.4 Å². The van der Waals surface area contributed by atoms with Crippen molar-refractivity contribution in [2.75, 3.05) is 0 Å². The second kappa shape index (κ2) is 8.44. The first kappa shape index (κ1) is 17.2. The van der Waals surface area contributed by atoms with Gasteiger partial charge in [0.1, 0.15) is 0 Å². The summed E-state index contributed by atoms with van der Waals surface area (Å²) in [5, 5.41) is 0. The molecule has 0 spiro atoms. The van der Waals surface area contributed by atoms with Gasteiger partial charge in [0.25, 0.3) is 0 Å². The molecule has 4 aromatic rings. The predicted molar refractivity (Wildman–Crippen MR) is 110 cm³/mol. The molecule has 0 unspecified atom stereocenters. The van der Waals surface area contributed by atoms with Gasteiger partial charge < -0.3 is 0 Å². The summed E-state index contributed by atoms with van der Waals surface area (Å²) in [5.74, 6) is 0. The van der Waals surface area contributed by atoms with E-state index in [0.29, 0.717) is 0 Å². The maximum atomic E-state index is 4.86. The molecule has 0 aliphatic carbocycles. The summed E-state index contributed by atoms with van der Waals surface area (Å²) in [7, 11) is 0. The van der Waals surface area contributed by atoms with Gasteiger partial charge >= 0.3 is 166 Å². The Morgan fingerprint density at radius 2 is 0.846 bits per heavy atom. The van der Waals surface area contributed by atoms with Crippen LogP contribution in [0.4, 0.5) is 0 Å². The van der Waals surface area contributed by atoms with Crippen LogP contribution in [0.3, 0.4) is 0 Å². The van der Waals surface area contributed by atoms with E-state index in [9.17, 15) is 0 Å². The summed E-state index contributed by atoms with van der Waals surface area (Å²) in [5.41, 5.74) is 1.90. The molecule has 0 fully saturated rings. The summed E-state index contributed by atoms with van der Waals surface area (Å²) in [6.07, 6.45) is 0. The first-order valence-electron chi connectivity index (χ1n) is 8.27. The molecule has 0 saturated carbocycles. The zero-order chi connectivity index (χ0) is 17.6. The zero-order valence-electron chi connectivity index (χ0n) is 13.9. The third kappa shape index (κ3) is 4.49. The van der Waals surface area contributed by atoms with E-state index in [0.717, 1.165) is 20.6 Å². The monoisotopic (exact) mass is 468 g/mol. The molecule has 0 bridgehead atoms. The molecule has 2 aromatic carbocycles. The van der Waals surface area contributed by atoms with Crippen LogP contribution in [-0.2, 0) is 0 Å². The van der Waals surface area contributed by atoms with Gasteiger partial charge in [-0.25, -0.2) is 0 Å². The molecule has 0 aliphatic rings. The predicted octanol–water partition coefficient (Wildman–Crippen LogP) is 1.45. The minimum absolute atomic E-state index is 0.211. The molecule has 4 heteroatoms. The number of hydrogen-bond acceptors (Lipinski definition) is 2. The molecule has 2 heterocycles. The second-order valence-electron chi connectivity index (χ2n) is 5.55. The first-order chi connectivity index (χ1) is 12.9. The fourth-order valence-corrected chi connectivity index (χ4v) is 5.91. The Bertz CT molecular complexity index is 906. The van der Waals surface area contributed by atoms with Gasteiger partial charge in [-0.15, -0.1) is 0 Å².